The highest BCUT2D eigenvalue weighted by atomic mass is 79.9. The Morgan fingerprint density at radius 1 is 1.50 bits per heavy atom. The van der Waals surface area contributed by atoms with Crippen LogP contribution in [0.25, 0.3) is 9.88 Å². The molecule has 0 radical (unpaired) electrons. The summed E-state index contributed by atoms with van der Waals surface area (Å²) in [5, 5.41) is 17.0. The van der Waals surface area contributed by atoms with Gasteiger partial charge in [-0.3, -0.25) is 4.79 Å². The van der Waals surface area contributed by atoms with Crippen LogP contribution in [0.5, 0.6) is 0 Å². The molecule has 2 aromatic rings. The molecule has 0 bridgehead atoms. The Morgan fingerprint density at radius 3 is 3.00 bits per heavy atom. The average molecular weight is 414 g/mol. The van der Waals surface area contributed by atoms with Gasteiger partial charge in [0.05, 0.1) is 23.1 Å². The van der Waals surface area contributed by atoms with E-state index in [1.807, 2.05) is 16.8 Å². The lowest BCUT2D eigenvalue weighted by Crippen LogP contribution is -2.48. The number of aromatic nitrogens is 1. The van der Waals surface area contributed by atoms with Gasteiger partial charge in [0.1, 0.15) is 10.5 Å². The smallest absolute Gasteiger partial charge is 0.227 e. The third-order valence-corrected chi connectivity index (χ3v) is 7.23. The van der Waals surface area contributed by atoms with Gasteiger partial charge in [0, 0.05) is 21.0 Å². The molecule has 1 aliphatic rings. The van der Waals surface area contributed by atoms with Crippen LogP contribution in [-0.2, 0) is 11.2 Å². The van der Waals surface area contributed by atoms with Crippen molar-refractivity contribution in [2.24, 2.45) is 0 Å². The lowest BCUT2D eigenvalue weighted by atomic mass is 10.0. The first-order valence-corrected chi connectivity index (χ1v) is 10.3. The molecule has 22 heavy (non-hydrogen) atoms. The fraction of sp³-hybridized carbons (Fsp3) is 0.357. The van der Waals surface area contributed by atoms with Crippen molar-refractivity contribution in [3.8, 4) is 16.0 Å². The van der Waals surface area contributed by atoms with Crippen LogP contribution in [-0.4, -0.2) is 27.9 Å². The lowest BCUT2D eigenvalue weighted by molar-refractivity contribution is -0.121. The number of halogens is 1. The first-order valence-electron chi connectivity index (χ1n) is 6.59. The molecule has 8 heteroatoms. The predicted molar refractivity (Wildman–Crippen MR) is 95.3 cm³/mol. The molecule has 0 aliphatic carbocycles. The van der Waals surface area contributed by atoms with Crippen molar-refractivity contribution in [2.75, 3.05) is 11.5 Å². The Balaban J connectivity index is 1.65. The summed E-state index contributed by atoms with van der Waals surface area (Å²) in [5.74, 6) is 1.45. The van der Waals surface area contributed by atoms with Gasteiger partial charge in [-0.15, -0.1) is 22.7 Å². The highest BCUT2D eigenvalue weighted by Gasteiger charge is 2.36. The zero-order chi connectivity index (χ0) is 15.6. The summed E-state index contributed by atoms with van der Waals surface area (Å²) < 4.78 is 1.04. The van der Waals surface area contributed by atoms with Gasteiger partial charge >= 0.3 is 0 Å². The molecule has 3 heterocycles. The van der Waals surface area contributed by atoms with Gasteiger partial charge < -0.3 is 5.32 Å². The van der Waals surface area contributed by atoms with E-state index in [0.29, 0.717) is 12.2 Å². The number of nitrogens with one attached hydrogen (secondary N) is 1. The van der Waals surface area contributed by atoms with E-state index in [0.717, 1.165) is 25.8 Å². The maximum absolute atomic E-state index is 12.2. The number of nitrogens with zero attached hydrogens (tertiary/aromatic N) is 2. The summed E-state index contributed by atoms with van der Waals surface area (Å²) >= 11 is 8.29. The minimum absolute atomic E-state index is 0.131. The molecule has 3 rings (SSSR count). The summed E-state index contributed by atoms with van der Waals surface area (Å²) in [4.78, 5) is 17.8. The fourth-order valence-electron chi connectivity index (χ4n) is 2.18. The quantitative estimate of drug-likeness (QED) is 0.829. The SMILES string of the molecule is N#CC1(NC(=O)Cc2csc(-c3cc(Br)cs3)n2)CCSC1. The van der Waals surface area contributed by atoms with Crippen LogP contribution in [0.15, 0.2) is 21.3 Å². The Morgan fingerprint density at radius 2 is 2.36 bits per heavy atom. The number of carbonyl (C=O) groups excluding carboxylic acids is 1. The van der Waals surface area contributed by atoms with E-state index in [2.05, 4.69) is 32.3 Å². The van der Waals surface area contributed by atoms with Gasteiger partial charge in [-0.05, 0) is 34.2 Å². The normalized spacial score (nSPS) is 20.7. The molecule has 1 atom stereocenters. The number of thiophene rings is 1. The van der Waals surface area contributed by atoms with Crippen molar-refractivity contribution in [3.05, 3.63) is 27.0 Å². The van der Waals surface area contributed by atoms with Crippen LogP contribution in [0, 0.1) is 11.3 Å². The molecule has 114 valence electrons. The Labute approximate surface area is 149 Å². The van der Waals surface area contributed by atoms with Crippen LogP contribution in [0.2, 0.25) is 0 Å². The van der Waals surface area contributed by atoms with E-state index in [1.54, 1.807) is 23.1 Å². The second-order valence-corrected chi connectivity index (χ2v) is 8.78. The standard InChI is InChI=1S/C14H12BrN3OS3/c15-9-3-11(21-5-9)13-17-10(6-22-13)4-12(19)18-14(7-16)1-2-20-8-14/h3,5-6H,1-2,4,8H2,(H,18,19). The van der Waals surface area contributed by atoms with Gasteiger partial charge in [0.25, 0.3) is 0 Å². The van der Waals surface area contributed by atoms with Crippen LogP contribution in [0.3, 0.4) is 0 Å². The highest BCUT2D eigenvalue weighted by molar-refractivity contribution is 9.10. The van der Waals surface area contributed by atoms with Crippen molar-refractivity contribution < 1.29 is 4.79 Å². The number of rotatable bonds is 4. The van der Waals surface area contributed by atoms with Gasteiger partial charge in [-0.2, -0.15) is 17.0 Å². The molecule has 2 aromatic heterocycles. The Bertz CT molecular complexity index is 728. The molecular weight excluding hydrogens is 402 g/mol. The summed E-state index contributed by atoms with van der Waals surface area (Å²) in [5.41, 5.74) is 0.0555. The zero-order valence-electron chi connectivity index (χ0n) is 11.5. The van der Waals surface area contributed by atoms with Gasteiger partial charge in [0.15, 0.2) is 0 Å². The number of hydrogen-bond acceptors (Lipinski definition) is 6. The first-order chi connectivity index (χ1) is 10.6. The molecule has 0 saturated carbocycles. The van der Waals surface area contributed by atoms with E-state index in [1.165, 1.54) is 11.3 Å². The number of nitriles is 1. The molecule has 0 spiro atoms. The molecular formula is C14H12BrN3OS3. The molecule has 1 saturated heterocycles. The summed E-state index contributed by atoms with van der Waals surface area (Å²) in [6, 6.07) is 4.28. The maximum atomic E-state index is 12.2. The van der Waals surface area contributed by atoms with Crippen molar-refractivity contribution in [1.82, 2.24) is 10.3 Å². The third-order valence-electron chi connectivity index (χ3n) is 3.29. The van der Waals surface area contributed by atoms with Crippen molar-refractivity contribution in [2.45, 2.75) is 18.4 Å². The lowest BCUT2D eigenvalue weighted by Gasteiger charge is -2.20. The summed E-state index contributed by atoms with van der Waals surface area (Å²) in [7, 11) is 0. The number of amides is 1. The summed E-state index contributed by atoms with van der Waals surface area (Å²) in [6.07, 6.45) is 0.933. The average Bonchev–Trinajstić information content (AvgIpc) is 3.20. The van der Waals surface area contributed by atoms with E-state index < -0.39 is 5.54 Å². The van der Waals surface area contributed by atoms with Crippen LogP contribution in [0.1, 0.15) is 12.1 Å². The first kappa shape index (κ1) is 16.0. The third kappa shape index (κ3) is 3.54. The van der Waals surface area contributed by atoms with E-state index in [9.17, 15) is 10.1 Å². The second kappa shape index (κ2) is 6.71. The fourth-order valence-corrected chi connectivity index (χ4v) is 5.78. The molecule has 0 aromatic carbocycles. The van der Waals surface area contributed by atoms with Crippen molar-refractivity contribution in [3.63, 3.8) is 0 Å². The molecule has 1 N–H and O–H groups in total. The summed E-state index contributed by atoms with van der Waals surface area (Å²) in [6.45, 7) is 0. The highest BCUT2D eigenvalue weighted by Crippen LogP contribution is 2.32. The predicted octanol–water partition coefficient (Wildman–Crippen LogP) is 3.69. The topological polar surface area (TPSA) is 65.8 Å². The molecule has 1 unspecified atom stereocenters. The monoisotopic (exact) mass is 413 g/mol. The molecule has 1 fully saturated rings. The number of thioether (sulfide) groups is 1. The van der Waals surface area contributed by atoms with E-state index >= 15 is 0 Å². The van der Waals surface area contributed by atoms with Crippen LogP contribution >= 0.6 is 50.4 Å². The zero-order valence-corrected chi connectivity index (χ0v) is 15.5. The molecule has 1 amide bonds. The number of hydrogen-bond donors (Lipinski definition) is 1. The number of carbonyl (C=O) groups is 1. The van der Waals surface area contributed by atoms with Gasteiger partial charge in [-0.1, -0.05) is 0 Å². The Kier molecular flexibility index (Phi) is 4.88. The van der Waals surface area contributed by atoms with Gasteiger partial charge in [-0.25, -0.2) is 4.98 Å². The Hall–Kier alpha value is -0.880. The van der Waals surface area contributed by atoms with Crippen LogP contribution < -0.4 is 5.32 Å². The van der Waals surface area contributed by atoms with Gasteiger partial charge in [0.2, 0.25) is 5.91 Å². The van der Waals surface area contributed by atoms with Crippen molar-refractivity contribution in [1.29, 1.82) is 5.26 Å². The van der Waals surface area contributed by atoms with E-state index in [-0.39, 0.29) is 12.3 Å². The minimum atomic E-state index is -0.695. The molecule has 1 aliphatic heterocycles. The van der Waals surface area contributed by atoms with E-state index in [4.69, 9.17) is 0 Å². The largest absolute Gasteiger partial charge is 0.337 e. The second-order valence-electron chi connectivity index (χ2n) is 4.99. The maximum Gasteiger partial charge on any atom is 0.227 e. The minimum Gasteiger partial charge on any atom is -0.337 e. The molecule has 4 nitrogen and oxygen atoms in total. The number of thiazole rings is 1. The van der Waals surface area contributed by atoms with Crippen molar-refractivity contribution >= 4 is 56.3 Å². The van der Waals surface area contributed by atoms with Crippen LogP contribution in [0.4, 0.5) is 0 Å².